The van der Waals surface area contributed by atoms with Crippen LogP contribution in [0.2, 0.25) is 0 Å². The second kappa shape index (κ2) is 9.32. The molecule has 1 aromatic heterocycles. The fourth-order valence-corrected chi connectivity index (χ4v) is 3.89. The number of para-hydroxylation sites is 1. The molecule has 1 amide bonds. The summed E-state index contributed by atoms with van der Waals surface area (Å²) in [5.74, 6) is -2.35. The zero-order valence-electron chi connectivity index (χ0n) is 17.6. The first-order valence-electron chi connectivity index (χ1n) is 9.76. The van der Waals surface area contributed by atoms with Crippen LogP contribution in [-0.4, -0.2) is 21.4 Å². The number of methoxy groups -OCH3 is 1. The first kappa shape index (κ1) is 22.9. The second-order valence-electron chi connectivity index (χ2n) is 6.94. The van der Waals surface area contributed by atoms with Crippen molar-refractivity contribution in [1.29, 1.82) is 0 Å². The Morgan fingerprint density at radius 1 is 1.00 bits per heavy atom. The number of rotatable bonds is 6. The van der Waals surface area contributed by atoms with Crippen LogP contribution in [0.4, 0.5) is 14.5 Å². The molecule has 0 spiro atoms. The zero-order chi connectivity index (χ0) is 24.3. The van der Waals surface area contributed by atoms with E-state index in [4.69, 9.17) is 9.15 Å². The minimum Gasteiger partial charge on any atom is -0.493 e. The number of benzene rings is 3. The van der Waals surface area contributed by atoms with Crippen molar-refractivity contribution in [3.05, 3.63) is 95.5 Å². The molecule has 0 atom stereocenters. The molecule has 1 heterocycles. The van der Waals surface area contributed by atoms with Gasteiger partial charge in [0.15, 0.2) is 11.3 Å². The maximum Gasteiger partial charge on any atom is 0.276 e. The van der Waals surface area contributed by atoms with Crippen molar-refractivity contribution < 1.29 is 31.1 Å². The lowest BCUT2D eigenvalue weighted by molar-refractivity contribution is 0.102. The highest BCUT2D eigenvalue weighted by atomic mass is 32.2. The van der Waals surface area contributed by atoms with E-state index in [0.29, 0.717) is 17.2 Å². The molecule has 0 aliphatic heterocycles. The average molecular weight is 485 g/mol. The topological polar surface area (TPSA) is 110 Å². The van der Waals surface area contributed by atoms with Crippen molar-refractivity contribution in [1.82, 2.24) is 4.83 Å². The molecule has 0 bridgehead atoms. The lowest BCUT2D eigenvalue weighted by Crippen LogP contribution is -2.27. The zero-order valence-corrected chi connectivity index (χ0v) is 18.4. The van der Waals surface area contributed by atoms with Crippen LogP contribution in [0.3, 0.4) is 0 Å². The van der Waals surface area contributed by atoms with Crippen LogP contribution < -0.4 is 20.4 Å². The van der Waals surface area contributed by atoms with Crippen LogP contribution in [0, 0.1) is 11.6 Å². The monoisotopic (exact) mass is 485 g/mol. The normalized spacial score (nSPS) is 11.9. The molecule has 0 saturated carbocycles. The third kappa shape index (κ3) is 4.74. The molecule has 0 saturated heterocycles. The summed E-state index contributed by atoms with van der Waals surface area (Å²) in [5.41, 5.74) is -0.697. The summed E-state index contributed by atoms with van der Waals surface area (Å²) in [6.45, 7) is 0. The van der Waals surface area contributed by atoms with Gasteiger partial charge in [0.1, 0.15) is 17.2 Å². The van der Waals surface area contributed by atoms with Crippen LogP contribution in [0.25, 0.3) is 11.0 Å². The van der Waals surface area contributed by atoms with E-state index in [0.717, 1.165) is 12.1 Å². The van der Waals surface area contributed by atoms with Crippen molar-refractivity contribution >= 4 is 32.6 Å². The van der Waals surface area contributed by atoms with Gasteiger partial charge >= 0.3 is 0 Å². The Hall–Kier alpha value is -4.25. The van der Waals surface area contributed by atoms with E-state index < -0.39 is 33.1 Å². The molecule has 174 valence electrons. The molecule has 0 aliphatic carbocycles. The third-order valence-electron chi connectivity index (χ3n) is 4.70. The van der Waals surface area contributed by atoms with Gasteiger partial charge in [-0.2, -0.15) is 13.2 Å². The van der Waals surface area contributed by atoms with Crippen LogP contribution >= 0.6 is 0 Å². The van der Waals surface area contributed by atoms with E-state index in [9.17, 15) is 22.0 Å². The summed E-state index contributed by atoms with van der Waals surface area (Å²) in [4.78, 5) is 14.9. The quantitative estimate of drug-likeness (QED) is 0.404. The van der Waals surface area contributed by atoms with Crippen LogP contribution in [0.15, 0.2) is 87.2 Å². The van der Waals surface area contributed by atoms with Gasteiger partial charge in [0.25, 0.3) is 15.9 Å². The van der Waals surface area contributed by atoms with E-state index in [2.05, 4.69) is 10.4 Å². The molecule has 3 aromatic carbocycles. The molecule has 0 fully saturated rings. The van der Waals surface area contributed by atoms with E-state index in [1.165, 1.54) is 37.4 Å². The number of sulfonamides is 1. The fraction of sp³-hybridized carbons (Fsp3) is 0.0435. The fourth-order valence-electron chi connectivity index (χ4n) is 3.07. The summed E-state index contributed by atoms with van der Waals surface area (Å²) in [7, 11) is -2.67. The second-order valence-corrected chi connectivity index (χ2v) is 8.60. The Morgan fingerprint density at radius 2 is 1.76 bits per heavy atom. The Balaban J connectivity index is 1.82. The van der Waals surface area contributed by atoms with Gasteiger partial charge < -0.3 is 14.5 Å². The number of carbonyl (C=O) groups is 1. The lowest BCUT2D eigenvalue weighted by atomic mass is 10.1. The Labute approximate surface area is 192 Å². The van der Waals surface area contributed by atoms with Gasteiger partial charge in [-0.15, -0.1) is 5.10 Å². The standard InChI is InChI=1S/C23H17F2N3O5S/c1-32-20-9-5-6-14-12-17(22(29)26-19-11-10-15(24)13-18(19)25)23(33-21(14)20)27-28-34(30,31)16-7-3-2-4-8-16/h2-13,28H,1H3,(H,26,29). The summed E-state index contributed by atoms with van der Waals surface area (Å²) in [5, 5.41) is 6.55. The van der Waals surface area contributed by atoms with Crippen molar-refractivity contribution in [2.75, 3.05) is 12.4 Å². The van der Waals surface area contributed by atoms with E-state index >= 15 is 0 Å². The Kier molecular flexibility index (Phi) is 6.28. The van der Waals surface area contributed by atoms with E-state index in [1.807, 2.05) is 4.83 Å². The maximum atomic E-state index is 14.1. The number of ether oxygens (including phenoxy) is 1. The number of anilines is 1. The van der Waals surface area contributed by atoms with Gasteiger partial charge in [-0.25, -0.2) is 8.78 Å². The largest absolute Gasteiger partial charge is 0.493 e. The highest BCUT2D eigenvalue weighted by Crippen LogP contribution is 2.25. The molecular weight excluding hydrogens is 468 g/mol. The first-order valence-corrected chi connectivity index (χ1v) is 11.2. The molecular formula is C23H17F2N3O5S. The number of carbonyl (C=O) groups excluding carboxylic acids is 1. The van der Waals surface area contributed by atoms with Crippen LogP contribution in [0.1, 0.15) is 10.4 Å². The molecule has 0 unspecified atom stereocenters. The number of nitrogens with one attached hydrogen (secondary N) is 2. The lowest BCUT2D eigenvalue weighted by Gasteiger charge is -2.10. The number of nitrogens with zero attached hydrogens (tertiary/aromatic N) is 1. The SMILES string of the molecule is COc1cccc2cc(C(=O)Nc3ccc(F)cc3F)c(=NNS(=O)(=O)c3ccccc3)oc12. The number of amides is 1. The molecule has 11 heteroatoms. The van der Waals surface area contributed by atoms with Gasteiger partial charge in [0.05, 0.1) is 17.7 Å². The predicted molar refractivity (Wildman–Crippen MR) is 119 cm³/mol. The number of hydrogen-bond acceptors (Lipinski definition) is 6. The molecule has 8 nitrogen and oxygen atoms in total. The minimum atomic E-state index is -4.08. The van der Waals surface area contributed by atoms with Crippen LogP contribution in [-0.2, 0) is 10.0 Å². The van der Waals surface area contributed by atoms with E-state index in [1.54, 1.807) is 24.3 Å². The minimum absolute atomic E-state index is 0.0588. The molecule has 0 aliphatic rings. The van der Waals surface area contributed by atoms with E-state index in [-0.39, 0.29) is 21.7 Å². The Bertz CT molecular complexity index is 1550. The number of hydrogen-bond donors (Lipinski definition) is 2. The summed E-state index contributed by atoms with van der Waals surface area (Å²) >= 11 is 0. The summed E-state index contributed by atoms with van der Waals surface area (Å²) in [6.07, 6.45) is 0. The molecule has 4 rings (SSSR count). The molecule has 2 N–H and O–H groups in total. The molecule has 4 aromatic rings. The van der Waals surface area contributed by atoms with Gasteiger partial charge in [-0.3, -0.25) is 4.79 Å². The smallest absolute Gasteiger partial charge is 0.276 e. The van der Waals surface area contributed by atoms with Gasteiger partial charge in [-0.1, -0.05) is 30.3 Å². The average Bonchev–Trinajstić information content (AvgIpc) is 2.84. The predicted octanol–water partition coefficient (Wildman–Crippen LogP) is 3.77. The first-order chi connectivity index (χ1) is 16.3. The van der Waals surface area contributed by atoms with Gasteiger partial charge in [-0.05, 0) is 36.4 Å². The third-order valence-corrected chi connectivity index (χ3v) is 5.93. The molecule has 34 heavy (non-hydrogen) atoms. The van der Waals surface area contributed by atoms with Crippen molar-refractivity contribution in [2.24, 2.45) is 5.10 Å². The van der Waals surface area contributed by atoms with Crippen LogP contribution in [0.5, 0.6) is 5.75 Å². The Morgan fingerprint density at radius 3 is 2.47 bits per heavy atom. The summed E-state index contributed by atoms with van der Waals surface area (Å²) in [6, 6.07) is 16.4. The van der Waals surface area contributed by atoms with Crippen molar-refractivity contribution in [3.8, 4) is 5.75 Å². The maximum absolute atomic E-state index is 14.1. The van der Waals surface area contributed by atoms with Crippen molar-refractivity contribution in [3.63, 3.8) is 0 Å². The highest BCUT2D eigenvalue weighted by molar-refractivity contribution is 7.89. The van der Waals surface area contributed by atoms with Gasteiger partial charge in [0.2, 0.25) is 5.55 Å². The van der Waals surface area contributed by atoms with Crippen molar-refractivity contribution in [2.45, 2.75) is 4.90 Å². The van der Waals surface area contributed by atoms with Gasteiger partial charge in [0, 0.05) is 11.5 Å². The summed E-state index contributed by atoms with van der Waals surface area (Å²) < 4.78 is 63.4. The number of fused-ring (bicyclic) bond motifs is 1. The highest BCUT2D eigenvalue weighted by Gasteiger charge is 2.18. The molecule has 0 radical (unpaired) electrons. The number of halogens is 2.